The Hall–Kier alpha value is -4.20. The molecule has 1 saturated heterocycles. The van der Waals surface area contributed by atoms with Gasteiger partial charge in [-0.2, -0.15) is 0 Å². The molecule has 1 fully saturated rings. The molecule has 8 heteroatoms. The minimum Gasteiger partial charge on any atom is -0.493 e. The van der Waals surface area contributed by atoms with Crippen LogP contribution in [0.15, 0.2) is 85.0 Å². The average Bonchev–Trinajstić information content (AvgIpc) is 2.97. The van der Waals surface area contributed by atoms with Crippen molar-refractivity contribution in [1.29, 1.82) is 0 Å². The van der Waals surface area contributed by atoms with Crippen LogP contribution in [0.25, 0.3) is 0 Å². The van der Waals surface area contributed by atoms with Crippen LogP contribution in [0.1, 0.15) is 31.4 Å². The highest BCUT2D eigenvalue weighted by Gasteiger charge is 2.27. The van der Waals surface area contributed by atoms with Crippen LogP contribution in [0.2, 0.25) is 0 Å². The number of carbonyl (C=O) groups excluding carboxylic acids is 2. The molecule has 208 valence electrons. The smallest absolute Gasteiger partial charge is 0.407 e. The predicted molar refractivity (Wildman–Crippen MR) is 154 cm³/mol. The summed E-state index contributed by atoms with van der Waals surface area (Å²) in [6, 6.07) is 15.2. The third kappa shape index (κ3) is 8.95. The Morgan fingerprint density at radius 1 is 1.00 bits per heavy atom. The van der Waals surface area contributed by atoms with Gasteiger partial charge in [-0.15, -0.1) is 0 Å². The van der Waals surface area contributed by atoms with Crippen molar-refractivity contribution in [3.05, 3.63) is 90.6 Å². The van der Waals surface area contributed by atoms with E-state index < -0.39 is 12.2 Å². The molecular formula is C31H39N3O5. The Balaban J connectivity index is 1.56. The zero-order valence-electron chi connectivity index (χ0n) is 23.1. The summed E-state index contributed by atoms with van der Waals surface area (Å²) in [5.41, 5.74) is 2.93. The van der Waals surface area contributed by atoms with Gasteiger partial charge in [0.25, 0.3) is 0 Å². The fourth-order valence-electron chi connectivity index (χ4n) is 4.33. The summed E-state index contributed by atoms with van der Waals surface area (Å²) in [6.45, 7) is 8.61. The van der Waals surface area contributed by atoms with E-state index in [0.717, 1.165) is 16.8 Å². The van der Waals surface area contributed by atoms with Gasteiger partial charge in [-0.05, 0) is 31.0 Å². The van der Waals surface area contributed by atoms with E-state index in [4.69, 9.17) is 14.2 Å². The van der Waals surface area contributed by atoms with Crippen molar-refractivity contribution in [3.63, 3.8) is 0 Å². The molecule has 39 heavy (non-hydrogen) atoms. The van der Waals surface area contributed by atoms with Crippen LogP contribution in [-0.4, -0.2) is 63.8 Å². The molecular weight excluding hydrogens is 494 g/mol. The number of hydrogen-bond acceptors (Lipinski definition) is 6. The van der Waals surface area contributed by atoms with Gasteiger partial charge in [0.05, 0.1) is 20.6 Å². The van der Waals surface area contributed by atoms with Crippen molar-refractivity contribution in [2.45, 2.75) is 25.9 Å². The maximum absolute atomic E-state index is 13.3. The van der Waals surface area contributed by atoms with Crippen molar-refractivity contribution >= 4 is 17.7 Å². The van der Waals surface area contributed by atoms with Crippen molar-refractivity contribution in [2.75, 3.05) is 51.8 Å². The van der Waals surface area contributed by atoms with Crippen LogP contribution < -0.4 is 19.7 Å². The van der Waals surface area contributed by atoms with E-state index in [0.29, 0.717) is 50.6 Å². The fourth-order valence-corrected chi connectivity index (χ4v) is 4.33. The molecule has 1 aliphatic heterocycles. The third-order valence-corrected chi connectivity index (χ3v) is 6.56. The molecule has 1 aliphatic rings. The average molecular weight is 534 g/mol. The van der Waals surface area contributed by atoms with E-state index in [1.807, 2.05) is 78.6 Å². The Kier molecular flexibility index (Phi) is 11.5. The van der Waals surface area contributed by atoms with E-state index in [9.17, 15) is 9.59 Å². The highest BCUT2D eigenvalue weighted by Crippen LogP contribution is 2.32. The number of carbonyl (C=O) groups is 2. The maximum atomic E-state index is 13.3. The van der Waals surface area contributed by atoms with E-state index >= 15 is 0 Å². The second kappa shape index (κ2) is 15.3. The lowest BCUT2D eigenvalue weighted by molar-refractivity contribution is -0.133. The molecule has 0 spiro atoms. The summed E-state index contributed by atoms with van der Waals surface area (Å²) in [7, 11) is 3.23. The van der Waals surface area contributed by atoms with Gasteiger partial charge in [0.1, 0.15) is 6.10 Å². The number of ether oxygens (including phenoxy) is 3. The second-order valence-electron chi connectivity index (χ2n) is 9.23. The van der Waals surface area contributed by atoms with Gasteiger partial charge in [-0.1, -0.05) is 66.8 Å². The number of rotatable bonds is 12. The Bertz CT molecular complexity index is 1150. The Labute approximate surface area is 231 Å². The molecule has 0 aromatic heterocycles. The molecule has 2 aromatic rings. The number of alkyl carbamates (subject to hydrolysis) is 1. The molecule has 0 radical (unpaired) electrons. The second-order valence-corrected chi connectivity index (χ2v) is 9.23. The summed E-state index contributed by atoms with van der Waals surface area (Å²) in [5, 5.41) is 2.80. The zero-order chi connectivity index (χ0) is 28.0. The first kappa shape index (κ1) is 29.4. The number of benzene rings is 2. The first-order valence-electron chi connectivity index (χ1n) is 13.1. The molecule has 1 heterocycles. The van der Waals surface area contributed by atoms with Crippen LogP contribution in [0.3, 0.4) is 0 Å². The number of anilines is 1. The molecule has 1 N–H and O–H groups in total. The van der Waals surface area contributed by atoms with Crippen LogP contribution in [-0.2, 0) is 9.53 Å². The normalized spacial score (nSPS) is 14.6. The quantitative estimate of drug-likeness (QED) is 0.374. The minimum atomic E-state index is -0.672. The van der Waals surface area contributed by atoms with Crippen molar-refractivity contribution in [1.82, 2.24) is 10.2 Å². The standard InChI is InChI=1S/C31H39N3O5/c1-5-6-8-11-24(2)16-17-32-31(36)39-28(25-12-9-7-10-13-25)23-30(35)34-20-18-33(19-21-34)26-14-15-27(37-3)29(22-26)38-4/h5-15,22,28H,1,16-21,23H2,2-4H3,(H,32,36)/b8-6-,24-11+/t28-/m1/s1. The number of allylic oxidation sites excluding steroid dienone is 4. The van der Waals surface area contributed by atoms with E-state index in [-0.39, 0.29) is 12.3 Å². The zero-order valence-corrected chi connectivity index (χ0v) is 23.1. The summed E-state index contributed by atoms with van der Waals surface area (Å²) in [5.74, 6) is 1.31. The molecule has 0 bridgehead atoms. The lowest BCUT2D eigenvalue weighted by Crippen LogP contribution is -2.49. The maximum Gasteiger partial charge on any atom is 0.407 e. The fraction of sp³-hybridized carbons (Fsp3) is 0.355. The number of nitrogens with one attached hydrogen (secondary N) is 1. The highest BCUT2D eigenvalue weighted by molar-refractivity contribution is 5.78. The topological polar surface area (TPSA) is 80.3 Å². The third-order valence-electron chi connectivity index (χ3n) is 6.56. The van der Waals surface area contributed by atoms with E-state index in [2.05, 4.69) is 16.8 Å². The van der Waals surface area contributed by atoms with E-state index in [1.165, 1.54) is 0 Å². The summed E-state index contributed by atoms with van der Waals surface area (Å²) in [6.07, 6.45) is 7.01. The van der Waals surface area contributed by atoms with Gasteiger partial charge in [0.15, 0.2) is 11.5 Å². The summed E-state index contributed by atoms with van der Waals surface area (Å²) in [4.78, 5) is 29.9. The molecule has 0 unspecified atom stereocenters. The number of piperazine rings is 1. The molecule has 2 aromatic carbocycles. The van der Waals surface area contributed by atoms with Crippen LogP contribution >= 0.6 is 0 Å². The molecule has 1 atom stereocenters. The van der Waals surface area contributed by atoms with Crippen LogP contribution in [0.4, 0.5) is 10.5 Å². The number of hydrogen-bond donors (Lipinski definition) is 1. The number of amides is 2. The molecule has 3 rings (SSSR count). The Morgan fingerprint density at radius 3 is 2.38 bits per heavy atom. The van der Waals surface area contributed by atoms with Crippen LogP contribution in [0, 0.1) is 0 Å². The van der Waals surface area contributed by atoms with Crippen molar-refractivity contribution < 1.29 is 23.8 Å². The summed E-state index contributed by atoms with van der Waals surface area (Å²) >= 11 is 0. The summed E-state index contributed by atoms with van der Waals surface area (Å²) < 4.78 is 16.5. The molecule has 8 nitrogen and oxygen atoms in total. The van der Waals surface area contributed by atoms with Gasteiger partial charge in [0, 0.05) is 44.5 Å². The van der Waals surface area contributed by atoms with Gasteiger partial charge in [0.2, 0.25) is 5.91 Å². The first-order valence-corrected chi connectivity index (χ1v) is 13.1. The number of nitrogens with zero attached hydrogens (tertiary/aromatic N) is 2. The molecule has 0 aliphatic carbocycles. The van der Waals surface area contributed by atoms with Gasteiger partial charge < -0.3 is 29.3 Å². The monoisotopic (exact) mass is 533 g/mol. The van der Waals surface area contributed by atoms with Crippen molar-refractivity contribution in [2.24, 2.45) is 0 Å². The molecule has 0 saturated carbocycles. The van der Waals surface area contributed by atoms with Gasteiger partial charge in [-0.25, -0.2) is 4.79 Å². The first-order chi connectivity index (χ1) is 18.9. The molecule has 2 amide bonds. The van der Waals surface area contributed by atoms with E-state index in [1.54, 1.807) is 20.3 Å². The lowest BCUT2D eigenvalue weighted by atomic mass is 10.1. The lowest BCUT2D eigenvalue weighted by Gasteiger charge is -2.36. The van der Waals surface area contributed by atoms with Crippen LogP contribution in [0.5, 0.6) is 11.5 Å². The van der Waals surface area contributed by atoms with Crippen molar-refractivity contribution in [3.8, 4) is 11.5 Å². The predicted octanol–water partition coefficient (Wildman–Crippen LogP) is 5.29. The van der Waals surface area contributed by atoms with Gasteiger partial charge >= 0.3 is 6.09 Å². The highest BCUT2D eigenvalue weighted by atomic mass is 16.6. The number of methoxy groups -OCH3 is 2. The minimum absolute atomic E-state index is 0.0450. The van der Waals surface area contributed by atoms with Gasteiger partial charge in [-0.3, -0.25) is 4.79 Å². The Morgan fingerprint density at radius 2 is 1.72 bits per heavy atom. The SMILES string of the molecule is C=C/C=C\C=C(/C)CCNC(=O)O[C@H](CC(=O)N1CCN(c2ccc(OC)c(OC)c2)CC1)c1ccccc1. The largest absolute Gasteiger partial charge is 0.493 e.